The summed E-state index contributed by atoms with van der Waals surface area (Å²) in [5.41, 5.74) is 4.39. The molecular weight excluding hydrogens is 346 g/mol. The predicted octanol–water partition coefficient (Wildman–Crippen LogP) is 3.37. The molecule has 0 aromatic heterocycles. The third-order valence-corrected chi connectivity index (χ3v) is 3.23. The first-order chi connectivity index (χ1) is 9.18. The number of rotatable bonds is 4. The molecule has 0 spiro atoms. The number of nitrogens with two attached hydrogens (primary N) is 1. The first-order valence-corrected chi connectivity index (χ1v) is 6.40. The highest BCUT2D eigenvalue weighted by Crippen LogP contribution is 2.34. The molecule has 0 aliphatic rings. The normalized spacial score (nSPS) is 14.8. The highest BCUT2D eigenvalue weighted by atomic mass is 79.9. The number of hydrogen-bond acceptors (Lipinski definition) is 3. The molecule has 0 radical (unpaired) electrons. The number of ether oxygens (including phenoxy) is 1. The highest BCUT2D eigenvalue weighted by Gasteiger charge is 2.34. The lowest BCUT2D eigenvalue weighted by atomic mass is 10.0. The minimum absolute atomic E-state index is 0.0459. The zero-order chi connectivity index (χ0) is 15.5. The molecule has 2 atom stereocenters. The Morgan fingerprint density at radius 3 is 2.55 bits per heavy atom. The van der Waals surface area contributed by atoms with Gasteiger partial charge in [0.15, 0.2) is 0 Å². The lowest BCUT2D eigenvalue weighted by molar-refractivity contribution is -0.149. The number of carbonyl (C=O) groups excluding carboxylic acids is 1. The second kappa shape index (κ2) is 6.53. The van der Waals surface area contributed by atoms with E-state index in [1.807, 2.05) is 0 Å². The highest BCUT2D eigenvalue weighted by molar-refractivity contribution is 9.10. The van der Waals surface area contributed by atoms with Crippen molar-refractivity contribution in [3.05, 3.63) is 33.8 Å². The molecule has 20 heavy (non-hydrogen) atoms. The van der Waals surface area contributed by atoms with Gasteiger partial charge in [0.2, 0.25) is 6.17 Å². The van der Waals surface area contributed by atoms with Crippen LogP contribution in [0.4, 0.5) is 17.6 Å². The van der Waals surface area contributed by atoms with Gasteiger partial charge in [-0.05, 0) is 30.7 Å². The topological polar surface area (TPSA) is 52.3 Å². The molecule has 0 saturated heterocycles. The van der Waals surface area contributed by atoms with Crippen molar-refractivity contribution in [3.8, 4) is 0 Å². The third-order valence-electron chi connectivity index (χ3n) is 2.51. The number of esters is 1. The van der Waals surface area contributed by atoms with Crippen molar-refractivity contribution < 1.29 is 27.1 Å². The van der Waals surface area contributed by atoms with Gasteiger partial charge in [0, 0.05) is 4.47 Å². The van der Waals surface area contributed by atoms with E-state index >= 15 is 0 Å². The van der Waals surface area contributed by atoms with Crippen molar-refractivity contribution in [1.29, 1.82) is 0 Å². The van der Waals surface area contributed by atoms with Crippen molar-refractivity contribution in [2.24, 2.45) is 5.73 Å². The third kappa shape index (κ3) is 3.92. The smallest absolute Gasteiger partial charge is 0.416 e. The first kappa shape index (κ1) is 16.9. The van der Waals surface area contributed by atoms with Crippen LogP contribution in [0.5, 0.6) is 0 Å². The van der Waals surface area contributed by atoms with Gasteiger partial charge in [-0.1, -0.05) is 15.9 Å². The summed E-state index contributed by atoms with van der Waals surface area (Å²) in [6.07, 6.45) is -6.82. The zero-order valence-corrected chi connectivity index (χ0v) is 12.0. The number of hydrogen-bond donors (Lipinski definition) is 1. The van der Waals surface area contributed by atoms with Gasteiger partial charge < -0.3 is 10.5 Å². The second-order valence-electron chi connectivity index (χ2n) is 3.91. The van der Waals surface area contributed by atoms with Crippen LogP contribution < -0.4 is 5.73 Å². The van der Waals surface area contributed by atoms with E-state index in [1.54, 1.807) is 0 Å². The monoisotopic (exact) mass is 357 g/mol. The van der Waals surface area contributed by atoms with Crippen molar-refractivity contribution in [2.75, 3.05) is 6.61 Å². The Hall–Kier alpha value is -1.15. The maximum Gasteiger partial charge on any atom is 0.416 e. The van der Waals surface area contributed by atoms with E-state index in [1.165, 1.54) is 6.92 Å². The van der Waals surface area contributed by atoms with Crippen molar-refractivity contribution in [1.82, 2.24) is 0 Å². The van der Waals surface area contributed by atoms with Crippen LogP contribution in [0, 0.1) is 0 Å². The molecule has 8 heteroatoms. The van der Waals surface area contributed by atoms with Crippen LogP contribution in [-0.4, -0.2) is 18.7 Å². The zero-order valence-electron chi connectivity index (χ0n) is 10.4. The molecule has 0 heterocycles. The molecule has 0 fully saturated rings. The molecule has 1 rings (SSSR count). The molecular formula is C12H12BrF4NO2. The first-order valence-electron chi connectivity index (χ1n) is 5.61. The van der Waals surface area contributed by atoms with Gasteiger partial charge in [0.1, 0.15) is 0 Å². The molecule has 1 aromatic carbocycles. The van der Waals surface area contributed by atoms with Crippen LogP contribution >= 0.6 is 15.9 Å². The predicted molar refractivity (Wildman–Crippen MR) is 67.6 cm³/mol. The minimum atomic E-state index is -4.58. The SMILES string of the molecule is CCOC(=O)C(F)[C@H](N)c1cc(C(F)(F)F)ccc1Br. The fourth-order valence-electron chi connectivity index (χ4n) is 1.50. The Kier molecular flexibility index (Phi) is 5.52. The van der Waals surface area contributed by atoms with Crippen LogP contribution in [0.15, 0.2) is 22.7 Å². The van der Waals surface area contributed by atoms with E-state index in [2.05, 4.69) is 20.7 Å². The van der Waals surface area contributed by atoms with Gasteiger partial charge in [0.05, 0.1) is 18.2 Å². The lowest BCUT2D eigenvalue weighted by Gasteiger charge is -2.18. The minimum Gasteiger partial charge on any atom is -0.464 e. The van der Waals surface area contributed by atoms with Crippen LogP contribution in [-0.2, 0) is 15.7 Å². The van der Waals surface area contributed by atoms with Crippen LogP contribution in [0.2, 0.25) is 0 Å². The molecule has 0 aliphatic carbocycles. The average molecular weight is 358 g/mol. The maximum absolute atomic E-state index is 13.8. The number of benzene rings is 1. The summed E-state index contributed by atoms with van der Waals surface area (Å²) in [6, 6.07) is 1.10. The maximum atomic E-state index is 13.8. The largest absolute Gasteiger partial charge is 0.464 e. The summed E-state index contributed by atoms with van der Waals surface area (Å²) in [6.45, 7) is 1.44. The molecule has 1 unspecified atom stereocenters. The van der Waals surface area contributed by atoms with E-state index < -0.39 is 29.9 Å². The summed E-state index contributed by atoms with van der Waals surface area (Å²) in [5.74, 6) is -1.20. The van der Waals surface area contributed by atoms with Crippen molar-refractivity contribution >= 4 is 21.9 Å². The molecule has 112 valence electrons. The Bertz CT molecular complexity index is 493. The van der Waals surface area contributed by atoms with Gasteiger partial charge >= 0.3 is 12.1 Å². The fraction of sp³-hybridized carbons (Fsp3) is 0.417. The summed E-state index contributed by atoms with van der Waals surface area (Å²) in [4.78, 5) is 11.2. The quantitative estimate of drug-likeness (QED) is 0.663. The number of carbonyl (C=O) groups is 1. The lowest BCUT2D eigenvalue weighted by Crippen LogP contribution is -2.32. The van der Waals surface area contributed by atoms with Crippen LogP contribution in [0.25, 0.3) is 0 Å². The van der Waals surface area contributed by atoms with E-state index in [4.69, 9.17) is 5.73 Å². The Labute approximate surface area is 121 Å². The Morgan fingerprint density at radius 2 is 2.05 bits per heavy atom. The van der Waals surface area contributed by atoms with E-state index in [9.17, 15) is 22.4 Å². The Balaban J connectivity index is 3.09. The second-order valence-corrected chi connectivity index (χ2v) is 4.77. The standard InChI is InChI=1S/C12H12BrF4NO2/c1-2-20-11(19)9(14)10(18)7-5-6(12(15,16)17)3-4-8(7)13/h3-5,9-10H,2,18H2,1H3/t9?,10-/m1/s1. The van der Waals surface area contributed by atoms with Crippen LogP contribution in [0.1, 0.15) is 24.1 Å². The molecule has 0 amide bonds. The van der Waals surface area contributed by atoms with E-state index in [-0.39, 0.29) is 16.6 Å². The molecule has 0 aliphatic heterocycles. The van der Waals surface area contributed by atoms with Crippen molar-refractivity contribution in [3.63, 3.8) is 0 Å². The van der Waals surface area contributed by atoms with Crippen molar-refractivity contribution in [2.45, 2.75) is 25.3 Å². The Morgan fingerprint density at radius 1 is 1.45 bits per heavy atom. The van der Waals surface area contributed by atoms with Gasteiger partial charge in [-0.25, -0.2) is 9.18 Å². The summed E-state index contributed by atoms with van der Waals surface area (Å²) in [7, 11) is 0. The molecule has 1 aromatic rings. The van der Waals surface area contributed by atoms with Gasteiger partial charge in [-0.3, -0.25) is 0 Å². The molecule has 0 bridgehead atoms. The fourth-order valence-corrected chi connectivity index (χ4v) is 2.01. The van der Waals surface area contributed by atoms with Gasteiger partial charge in [-0.2, -0.15) is 13.2 Å². The average Bonchev–Trinajstić information content (AvgIpc) is 2.36. The summed E-state index contributed by atoms with van der Waals surface area (Å²) >= 11 is 2.99. The van der Waals surface area contributed by atoms with E-state index in [0.717, 1.165) is 12.1 Å². The number of halogens is 5. The molecule has 2 N–H and O–H groups in total. The van der Waals surface area contributed by atoms with Crippen LogP contribution in [0.3, 0.4) is 0 Å². The summed E-state index contributed by atoms with van der Waals surface area (Å²) < 4.78 is 56.2. The van der Waals surface area contributed by atoms with Gasteiger partial charge in [-0.15, -0.1) is 0 Å². The van der Waals surface area contributed by atoms with Gasteiger partial charge in [0.25, 0.3) is 0 Å². The number of alkyl halides is 4. The van der Waals surface area contributed by atoms with E-state index in [0.29, 0.717) is 6.07 Å². The molecule has 0 saturated carbocycles. The summed E-state index contributed by atoms with van der Waals surface area (Å²) in [5, 5.41) is 0. The molecule has 3 nitrogen and oxygen atoms in total.